The summed E-state index contributed by atoms with van der Waals surface area (Å²) in [5.41, 5.74) is 3.81. The standard InChI is InChI=1S/C21H21ClN6O/c1-13(2)28-20-16(11-25-28)8-19(14(3)26-20)21(29)23-9-15-10-24-27(12-15)18-6-4-17(22)5-7-18/h4-8,10-13H,9H2,1-3H3,(H,23,29). The van der Waals surface area contributed by atoms with Crippen LogP contribution in [0.3, 0.4) is 0 Å². The SMILES string of the molecule is Cc1nc2c(cnn2C(C)C)cc1C(=O)NCc1cnn(-c2ccc(Cl)cc2)c1. The molecule has 1 N–H and O–H groups in total. The molecule has 29 heavy (non-hydrogen) atoms. The first-order chi connectivity index (χ1) is 13.9. The summed E-state index contributed by atoms with van der Waals surface area (Å²) in [5, 5.41) is 13.2. The van der Waals surface area contributed by atoms with Crippen LogP contribution in [-0.4, -0.2) is 30.5 Å². The van der Waals surface area contributed by atoms with Gasteiger partial charge in [0.25, 0.3) is 5.91 Å². The van der Waals surface area contributed by atoms with Gasteiger partial charge in [-0.3, -0.25) is 4.79 Å². The van der Waals surface area contributed by atoms with Gasteiger partial charge >= 0.3 is 0 Å². The van der Waals surface area contributed by atoms with Crippen molar-refractivity contribution in [3.63, 3.8) is 0 Å². The number of benzene rings is 1. The molecular formula is C21H21ClN6O. The summed E-state index contributed by atoms with van der Waals surface area (Å²) in [7, 11) is 0. The minimum atomic E-state index is -0.173. The van der Waals surface area contributed by atoms with E-state index in [1.807, 2.05) is 62.0 Å². The van der Waals surface area contributed by atoms with Gasteiger partial charge in [-0.15, -0.1) is 0 Å². The van der Waals surface area contributed by atoms with Crippen LogP contribution in [0.4, 0.5) is 0 Å². The van der Waals surface area contributed by atoms with Crippen molar-refractivity contribution < 1.29 is 4.79 Å². The van der Waals surface area contributed by atoms with Gasteiger partial charge < -0.3 is 5.32 Å². The van der Waals surface area contributed by atoms with Gasteiger partial charge in [0.05, 0.1) is 29.3 Å². The van der Waals surface area contributed by atoms with Crippen molar-refractivity contribution in [2.24, 2.45) is 0 Å². The van der Waals surface area contributed by atoms with Crippen LogP contribution in [0.1, 0.15) is 41.5 Å². The summed E-state index contributed by atoms with van der Waals surface area (Å²) in [6.45, 7) is 6.31. The highest BCUT2D eigenvalue weighted by Gasteiger charge is 2.15. The molecule has 8 heteroatoms. The van der Waals surface area contributed by atoms with Crippen molar-refractivity contribution in [2.45, 2.75) is 33.4 Å². The normalized spacial score (nSPS) is 11.3. The Morgan fingerprint density at radius 3 is 2.66 bits per heavy atom. The number of amides is 1. The maximum absolute atomic E-state index is 12.7. The molecular weight excluding hydrogens is 388 g/mol. The average molecular weight is 409 g/mol. The molecule has 0 saturated carbocycles. The van der Waals surface area contributed by atoms with Gasteiger partial charge in [-0.2, -0.15) is 10.2 Å². The van der Waals surface area contributed by atoms with E-state index >= 15 is 0 Å². The summed E-state index contributed by atoms with van der Waals surface area (Å²) in [6.07, 6.45) is 5.36. The van der Waals surface area contributed by atoms with Crippen molar-refractivity contribution in [3.05, 3.63) is 70.8 Å². The molecule has 0 aliphatic rings. The number of nitrogens with one attached hydrogen (secondary N) is 1. The largest absolute Gasteiger partial charge is 0.348 e. The van der Waals surface area contributed by atoms with Gasteiger partial charge in [0, 0.05) is 34.8 Å². The van der Waals surface area contributed by atoms with Crippen molar-refractivity contribution >= 4 is 28.5 Å². The third-order valence-corrected chi connectivity index (χ3v) is 4.93. The van der Waals surface area contributed by atoms with E-state index in [2.05, 4.69) is 20.5 Å². The lowest BCUT2D eigenvalue weighted by Crippen LogP contribution is -2.23. The number of fused-ring (bicyclic) bond motifs is 1. The lowest BCUT2D eigenvalue weighted by Gasteiger charge is -2.09. The average Bonchev–Trinajstić information content (AvgIpc) is 3.33. The third-order valence-electron chi connectivity index (χ3n) is 4.67. The minimum Gasteiger partial charge on any atom is -0.348 e. The highest BCUT2D eigenvalue weighted by atomic mass is 35.5. The van der Waals surface area contributed by atoms with E-state index in [0.717, 1.165) is 22.3 Å². The predicted molar refractivity (Wildman–Crippen MR) is 112 cm³/mol. The molecule has 0 fully saturated rings. The number of rotatable bonds is 5. The Hall–Kier alpha value is -3.19. The molecule has 0 saturated heterocycles. The minimum absolute atomic E-state index is 0.173. The van der Waals surface area contributed by atoms with Crippen molar-refractivity contribution in [1.82, 2.24) is 29.9 Å². The van der Waals surface area contributed by atoms with Crippen LogP contribution in [0, 0.1) is 6.92 Å². The number of halogens is 1. The van der Waals surface area contributed by atoms with E-state index in [-0.39, 0.29) is 11.9 Å². The van der Waals surface area contributed by atoms with Gasteiger partial charge in [0.2, 0.25) is 0 Å². The van der Waals surface area contributed by atoms with Crippen LogP contribution in [0.25, 0.3) is 16.7 Å². The second kappa shape index (κ2) is 7.67. The van der Waals surface area contributed by atoms with Gasteiger partial charge in [0.1, 0.15) is 0 Å². The Bertz CT molecular complexity index is 1180. The zero-order chi connectivity index (χ0) is 20.5. The number of aromatic nitrogens is 5. The molecule has 0 unspecified atom stereocenters. The molecule has 0 spiro atoms. The number of hydrogen-bond acceptors (Lipinski definition) is 4. The quantitative estimate of drug-likeness (QED) is 0.539. The number of carbonyl (C=O) groups is 1. The molecule has 148 valence electrons. The van der Waals surface area contributed by atoms with E-state index in [9.17, 15) is 4.79 Å². The van der Waals surface area contributed by atoms with Crippen LogP contribution < -0.4 is 5.32 Å². The van der Waals surface area contributed by atoms with Crippen LogP contribution in [0.2, 0.25) is 5.02 Å². The molecule has 0 aliphatic carbocycles. The van der Waals surface area contributed by atoms with E-state index in [0.29, 0.717) is 22.8 Å². The molecule has 7 nitrogen and oxygen atoms in total. The lowest BCUT2D eigenvalue weighted by atomic mass is 10.1. The zero-order valence-corrected chi connectivity index (χ0v) is 17.2. The summed E-state index contributed by atoms with van der Waals surface area (Å²) >= 11 is 5.93. The molecule has 0 aliphatic heterocycles. The Morgan fingerprint density at radius 2 is 1.93 bits per heavy atom. The molecule has 0 radical (unpaired) electrons. The monoisotopic (exact) mass is 408 g/mol. The highest BCUT2D eigenvalue weighted by molar-refractivity contribution is 6.30. The smallest absolute Gasteiger partial charge is 0.253 e. The Balaban J connectivity index is 1.49. The lowest BCUT2D eigenvalue weighted by molar-refractivity contribution is 0.0950. The Labute approximate surface area is 173 Å². The predicted octanol–water partition coefficient (Wildman–Crippen LogP) is 4.09. The zero-order valence-electron chi connectivity index (χ0n) is 16.4. The van der Waals surface area contributed by atoms with Gasteiger partial charge in [-0.05, 0) is 51.1 Å². The number of hydrogen-bond donors (Lipinski definition) is 1. The third kappa shape index (κ3) is 3.86. The van der Waals surface area contributed by atoms with Gasteiger partial charge in [-0.1, -0.05) is 11.6 Å². The topological polar surface area (TPSA) is 77.6 Å². The first-order valence-corrected chi connectivity index (χ1v) is 9.72. The number of nitrogens with zero attached hydrogens (tertiary/aromatic N) is 5. The first-order valence-electron chi connectivity index (χ1n) is 9.35. The molecule has 4 rings (SSSR count). The molecule has 3 heterocycles. The molecule has 0 bridgehead atoms. The van der Waals surface area contributed by atoms with Crippen molar-refractivity contribution in [1.29, 1.82) is 0 Å². The number of pyridine rings is 1. The van der Waals surface area contributed by atoms with E-state index < -0.39 is 0 Å². The van der Waals surface area contributed by atoms with Crippen LogP contribution >= 0.6 is 11.6 Å². The second-order valence-corrected chi connectivity index (χ2v) is 7.61. The molecule has 1 aromatic carbocycles. The van der Waals surface area contributed by atoms with Gasteiger partial charge in [-0.25, -0.2) is 14.3 Å². The summed E-state index contributed by atoms with van der Waals surface area (Å²) in [4.78, 5) is 17.3. The van der Waals surface area contributed by atoms with Crippen LogP contribution in [0.15, 0.2) is 48.9 Å². The van der Waals surface area contributed by atoms with Crippen molar-refractivity contribution in [2.75, 3.05) is 0 Å². The Morgan fingerprint density at radius 1 is 1.17 bits per heavy atom. The number of carbonyl (C=O) groups excluding carboxylic acids is 1. The maximum atomic E-state index is 12.7. The fourth-order valence-electron chi connectivity index (χ4n) is 3.14. The van der Waals surface area contributed by atoms with E-state index in [4.69, 9.17) is 11.6 Å². The first kappa shape index (κ1) is 19.1. The fourth-order valence-corrected chi connectivity index (χ4v) is 3.26. The summed E-state index contributed by atoms with van der Waals surface area (Å²) in [6, 6.07) is 9.45. The number of aryl methyl sites for hydroxylation is 1. The molecule has 1 amide bonds. The summed E-state index contributed by atoms with van der Waals surface area (Å²) < 4.78 is 3.60. The molecule has 0 atom stereocenters. The van der Waals surface area contributed by atoms with Gasteiger partial charge in [0.15, 0.2) is 5.65 Å². The molecule has 3 aromatic heterocycles. The van der Waals surface area contributed by atoms with Crippen molar-refractivity contribution in [3.8, 4) is 5.69 Å². The highest BCUT2D eigenvalue weighted by Crippen LogP contribution is 2.19. The van der Waals surface area contributed by atoms with E-state index in [1.54, 1.807) is 17.1 Å². The van der Waals surface area contributed by atoms with Crippen LogP contribution in [0.5, 0.6) is 0 Å². The second-order valence-electron chi connectivity index (χ2n) is 7.17. The Kier molecular flexibility index (Phi) is 5.07. The van der Waals surface area contributed by atoms with E-state index in [1.165, 1.54) is 0 Å². The summed E-state index contributed by atoms with van der Waals surface area (Å²) in [5.74, 6) is -0.173. The maximum Gasteiger partial charge on any atom is 0.253 e. The fraction of sp³-hybridized carbons (Fsp3) is 0.238. The molecule has 4 aromatic rings. The van der Waals surface area contributed by atoms with Crippen LogP contribution in [-0.2, 0) is 6.54 Å².